The van der Waals surface area contributed by atoms with Crippen LogP contribution in [-0.4, -0.2) is 64.9 Å². The van der Waals surface area contributed by atoms with E-state index in [2.05, 4.69) is 15.2 Å². The van der Waals surface area contributed by atoms with E-state index in [1.165, 1.54) is 23.9 Å². The van der Waals surface area contributed by atoms with Gasteiger partial charge in [-0.3, -0.25) is 9.59 Å². The Morgan fingerprint density at radius 1 is 1.21 bits per heavy atom. The molecule has 0 radical (unpaired) electrons. The molecule has 4 rings (SSSR count). The highest BCUT2D eigenvalue weighted by Gasteiger charge is 2.35. The quantitative estimate of drug-likeness (QED) is 0.817. The molecule has 0 bridgehead atoms. The molecule has 2 fully saturated rings. The number of anilines is 1. The van der Waals surface area contributed by atoms with E-state index in [1.807, 2.05) is 10.3 Å². The van der Waals surface area contributed by atoms with Crippen LogP contribution in [0.1, 0.15) is 5.56 Å². The summed E-state index contributed by atoms with van der Waals surface area (Å²) in [6, 6.07) is 5.72. The average molecular weight is 421 g/mol. The smallest absolute Gasteiger partial charge is 0.246 e. The minimum Gasteiger partial charge on any atom is -0.345 e. The third-order valence-electron chi connectivity index (χ3n) is 4.99. The number of carbonyl (C=O) groups is 2. The number of nitrogens with zero attached hydrogens (tertiary/aromatic N) is 3. The number of nitrogens with one attached hydrogen (secondary N) is 1. The summed E-state index contributed by atoms with van der Waals surface area (Å²) in [5, 5.41) is 5.56. The summed E-state index contributed by atoms with van der Waals surface area (Å²) >= 11 is 3.10. The van der Waals surface area contributed by atoms with Gasteiger partial charge in [-0.2, -0.15) is 0 Å². The first-order valence-corrected chi connectivity index (χ1v) is 11.1. The second-order valence-electron chi connectivity index (χ2n) is 6.84. The molecule has 2 atom stereocenters. The van der Waals surface area contributed by atoms with Gasteiger partial charge in [-0.05, 0) is 24.1 Å². The van der Waals surface area contributed by atoms with Crippen LogP contribution in [-0.2, 0) is 16.0 Å². The largest absolute Gasteiger partial charge is 0.345 e. The van der Waals surface area contributed by atoms with Gasteiger partial charge in [-0.25, -0.2) is 9.37 Å². The Kier molecular flexibility index (Phi) is 5.82. The standard InChI is InChI=1S/C19H21FN4O2S2/c20-14-3-1-13(2-4-14)11-16-17(25)22-15(12-28-16)18(26)23-6-8-24(9-7-23)19-21-5-10-27-19/h1-5,10,15-16H,6-9,11-12H2,(H,22,25). The molecule has 1 aromatic carbocycles. The van der Waals surface area contributed by atoms with E-state index in [0.29, 0.717) is 25.3 Å². The lowest BCUT2D eigenvalue weighted by Crippen LogP contribution is -2.58. The number of benzene rings is 1. The predicted octanol–water partition coefficient (Wildman–Crippen LogP) is 1.77. The monoisotopic (exact) mass is 420 g/mol. The van der Waals surface area contributed by atoms with Crippen molar-refractivity contribution in [3.63, 3.8) is 0 Å². The lowest BCUT2D eigenvalue weighted by atomic mass is 10.1. The van der Waals surface area contributed by atoms with Crippen LogP contribution in [0.2, 0.25) is 0 Å². The van der Waals surface area contributed by atoms with Crippen molar-refractivity contribution in [3.05, 3.63) is 47.2 Å². The normalized spacial score (nSPS) is 22.8. The zero-order valence-electron chi connectivity index (χ0n) is 15.2. The van der Waals surface area contributed by atoms with Gasteiger partial charge in [0.15, 0.2) is 5.13 Å². The highest BCUT2D eigenvalue weighted by Crippen LogP contribution is 2.24. The van der Waals surface area contributed by atoms with Gasteiger partial charge in [0.25, 0.3) is 0 Å². The minimum absolute atomic E-state index is 0.0140. The number of aromatic nitrogens is 1. The van der Waals surface area contributed by atoms with Crippen LogP contribution in [0.25, 0.3) is 0 Å². The van der Waals surface area contributed by atoms with Crippen LogP contribution in [0.3, 0.4) is 0 Å². The molecule has 0 spiro atoms. The first kappa shape index (κ1) is 19.2. The summed E-state index contributed by atoms with van der Waals surface area (Å²) < 4.78 is 13.0. The second kappa shape index (κ2) is 8.48. The Morgan fingerprint density at radius 3 is 2.61 bits per heavy atom. The van der Waals surface area contributed by atoms with E-state index in [0.717, 1.165) is 23.8 Å². The molecular weight excluding hydrogens is 399 g/mol. The maximum Gasteiger partial charge on any atom is 0.246 e. The zero-order chi connectivity index (χ0) is 19.5. The molecule has 28 heavy (non-hydrogen) atoms. The van der Waals surface area contributed by atoms with Gasteiger partial charge < -0.3 is 15.1 Å². The Balaban J connectivity index is 1.28. The highest BCUT2D eigenvalue weighted by atomic mass is 32.2. The molecule has 0 aliphatic carbocycles. The number of amides is 2. The third kappa shape index (κ3) is 4.30. The molecule has 2 aliphatic rings. The average Bonchev–Trinajstić information content (AvgIpc) is 3.25. The Hall–Kier alpha value is -2.13. The fraction of sp³-hybridized carbons (Fsp3) is 0.421. The van der Waals surface area contributed by atoms with Crippen molar-refractivity contribution in [2.75, 3.05) is 36.8 Å². The van der Waals surface area contributed by atoms with Crippen molar-refractivity contribution in [3.8, 4) is 0 Å². The van der Waals surface area contributed by atoms with Crippen molar-refractivity contribution in [2.45, 2.75) is 17.7 Å². The molecule has 2 saturated heterocycles. The summed E-state index contributed by atoms with van der Waals surface area (Å²) in [5.41, 5.74) is 0.914. The van der Waals surface area contributed by atoms with Gasteiger partial charge in [-0.1, -0.05) is 12.1 Å². The van der Waals surface area contributed by atoms with Gasteiger partial charge in [0, 0.05) is 43.5 Å². The number of carbonyl (C=O) groups excluding carboxylic acids is 2. The van der Waals surface area contributed by atoms with Crippen LogP contribution in [0, 0.1) is 5.82 Å². The molecule has 2 unspecified atom stereocenters. The first-order chi connectivity index (χ1) is 13.6. The summed E-state index contributed by atoms with van der Waals surface area (Å²) in [6.07, 6.45) is 2.32. The Bertz CT molecular complexity index is 823. The lowest BCUT2D eigenvalue weighted by Gasteiger charge is -2.37. The summed E-state index contributed by atoms with van der Waals surface area (Å²) in [4.78, 5) is 33.6. The number of piperazine rings is 1. The van der Waals surface area contributed by atoms with Crippen molar-refractivity contribution in [1.82, 2.24) is 15.2 Å². The molecule has 6 nitrogen and oxygen atoms in total. The fourth-order valence-corrected chi connectivity index (χ4v) is 5.30. The first-order valence-electron chi connectivity index (χ1n) is 9.20. The van der Waals surface area contributed by atoms with Crippen LogP contribution in [0.15, 0.2) is 35.8 Å². The molecule has 148 valence electrons. The molecule has 1 N–H and O–H groups in total. The van der Waals surface area contributed by atoms with E-state index < -0.39 is 6.04 Å². The van der Waals surface area contributed by atoms with Crippen molar-refractivity contribution >= 4 is 40.0 Å². The fourth-order valence-electron chi connectivity index (χ4n) is 3.42. The number of halogens is 1. The van der Waals surface area contributed by atoms with Gasteiger partial charge in [-0.15, -0.1) is 23.1 Å². The van der Waals surface area contributed by atoms with E-state index in [-0.39, 0.29) is 22.9 Å². The van der Waals surface area contributed by atoms with E-state index in [4.69, 9.17) is 0 Å². The molecule has 0 saturated carbocycles. The summed E-state index contributed by atoms with van der Waals surface area (Å²) in [5.74, 6) is 0.133. The molecular formula is C19H21FN4O2S2. The minimum atomic E-state index is -0.478. The van der Waals surface area contributed by atoms with Crippen LogP contribution < -0.4 is 10.2 Å². The molecule has 1 aromatic heterocycles. The molecule has 2 aromatic rings. The molecule has 9 heteroatoms. The third-order valence-corrected chi connectivity index (χ3v) is 7.13. The number of hydrogen-bond acceptors (Lipinski definition) is 6. The topological polar surface area (TPSA) is 65.5 Å². The number of hydrogen-bond donors (Lipinski definition) is 1. The molecule has 2 aliphatic heterocycles. The second-order valence-corrected chi connectivity index (χ2v) is 8.95. The van der Waals surface area contributed by atoms with Gasteiger partial charge in [0.05, 0.1) is 5.25 Å². The zero-order valence-corrected chi connectivity index (χ0v) is 16.8. The van der Waals surface area contributed by atoms with Crippen molar-refractivity contribution in [1.29, 1.82) is 0 Å². The Labute approximate surface area is 171 Å². The van der Waals surface area contributed by atoms with Gasteiger partial charge in [0.1, 0.15) is 11.9 Å². The number of thiazole rings is 1. The SMILES string of the molecule is O=C1NC(C(=O)N2CCN(c3nccs3)CC2)CSC1Cc1ccc(F)cc1. The van der Waals surface area contributed by atoms with Gasteiger partial charge >= 0.3 is 0 Å². The maximum atomic E-state index is 13.0. The molecule has 2 amide bonds. The van der Waals surface area contributed by atoms with Crippen LogP contribution in [0.4, 0.5) is 9.52 Å². The lowest BCUT2D eigenvalue weighted by molar-refractivity contribution is -0.136. The van der Waals surface area contributed by atoms with E-state index in [1.54, 1.807) is 29.7 Å². The number of rotatable bonds is 4. The summed E-state index contributed by atoms with van der Waals surface area (Å²) in [6.45, 7) is 2.77. The summed E-state index contributed by atoms with van der Waals surface area (Å²) in [7, 11) is 0. The van der Waals surface area contributed by atoms with E-state index >= 15 is 0 Å². The maximum absolute atomic E-state index is 13.0. The number of thioether (sulfide) groups is 1. The van der Waals surface area contributed by atoms with Crippen molar-refractivity contribution < 1.29 is 14.0 Å². The van der Waals surface area contributed by atoms with Crippen LogP contribution >= 0.6 is 23.1 Å². The van der Waals surface area contributed by atoms with Crippen LogP contribution in [0.5, 0.6) is 0 Å². The van der Waals surface area contributed by atoms with Gasteiger partial charge in [0.2, 0.25) is 11.8 Å². The van der Waals surface area contributed by atoms with E-state index in [9.17, 15) is 14.0 Å². The molecule has 3 heterocycles. The highest BCUT2D eigenvalue weighted by molar-refractivity contribution is 8.00. The van der Waals surface area contributed by atoms with Crippen molar-refractivity contribution in [2.24, 2.45) is 0 Å². The Morgan fingerprint density at radius 2 is 1.96 bits per heavy atom. The predicted molar refractivity (Wildman–Crippen MR) is 109 cm³/mol.